The maximum absolute atomic E-state index is 4.74. The fourth-order valence-corrected chi connectivity index (χ4v) is 3.13. The number of benzene rings is 1. The summed E-state index contributed by atoms with van der Waals surface area (Å²) in [6, 6.07) is 10.2. The molecule has 1 N–H and O–H groups in total. The van der Waals surface area contributed by atoms with Gasteiger partial charge in [0.15, 0.2) is 5.82 Å². The standard InChI is InChI=1S/C17H21N3/c1-12-16(15-9-6-10-18-11-15)13(2)20-17(19-12)14-7-4-3-5-8-14/h3-5,7-8,15,18H,6,9-11H2,1-2H3. The van der Waals surface area contributed by atoms with Gasteiger partial charge in [-0.15, -0.1) is 0 Å². The molecule has 3 nitrogen and oxygen atoms in total. The van der Waals surface area contributed by atoms with Gasteiger partial charge in [0.05, 0.1) is 0 Å². The highest BCUT2D eigenvalue weighted by Crippen LogP contribution is 2.28. The second kappa shape index (κ2) is 5.71. The molecule has 1 unspecified atom stereocenters. The van der Waals surface area contributed by atoms with Crippen LogP contribution < -0.4 is 5.32 Å². The largest absolute Gasteiger partial charge is 0.316 e. The van der Waals surface area contributed by atoms with Crippen LogP contribution in [0.5, 0.6) is 0 Å². The molecule has 104 valence electrons. The number of piperidine rings is 1. The maximum atomic E-state index is 4.74. The first-order valence-corrected chi connectivity index (χ1v) is 7.37. The molecule has 2 aromatic rings. The van der Waals surface area contributed by atoms with Crippen LogP contribution in [-0.2, 0) is 0 Å². The summed E-state index contributed by atoms with van der Waals surface area (Å²) in [5, 5.41) is 3.48. The fraction of sp³-hybridized carbons (Fsp3) is 0.412. The molecule has 3 rings (SSSR count). The van der Waals surface area contributed by atoms with Crippen LogP contribution in [-0.4, -0.2) is 23.1 Å². The summed E-state index contributed by atoms with van der Waals surface area (Å²) in [5.41, 5.74) is 4.69. The van der Waals surface area contributed by atoms with E-state index < -0.39 is 0 Å². The van der Waals surface area contributed by atoms with Crippen molar-refractivity contribution in [2.45, 2.75) is 32.6 Å². The van der Waals surface area contributed by atoms with E-state index in [-0.39, 0.29) is 0 Å². The van der Waals surface area contributed by atoms with E-state index >= 15 is 0 Å². The number of nitrogens with one attached hydrogen (secondary N) is 1. The molecule has 1 atom stereocenters. The van der Waals surface area contributed by atoms with Gasteiger partial charge < -0.3 is 5.32 Å². The SMILES string of the molecule is Cc1nc(-c2ccccc2)nc(C)c1C1CCCNC1. The van der Waals surface area contributed by atoms with E-state index in [1.54, 1.807) is 0 Å². The van der Waals surface area contributed by atoms with Crippen LogP contribution in [0.1, 0.15) is 35.7 Å². The first-order valence-electron chi connectivity index (χ1n) is 7.37. The molecule has 0 radical (unpaired) electrons. The van der Waals surface area contributed by atoms with Gasteiger partial charge in [0.2, 0.25) is 0 Å². The van der Waals surface area contributed by atoms with Crippen LogP contribution in [0.15, 0.2) is 30.3 Å². The van der Waals surface area contributed by atoms with Crippen molar-refractivity contribution in [1.29, 1.82) is 0 Å². The lowest BCUT2D eigenvalue weighted by Crippen LogP contribution is -2.29. The van der Waals surface area contributed by atoms with Crippen molar-refractivity contribution in [3.05, 3.63) is 47.3 Å². The Kier molecular flexibility index (Phi) is 3.79. The van der Waals surface area contributed by atoms with Crippen LogP contribution in [0.2, 0.25) is 0 Å². The maximum Gasteiger partial charge on any atom is 0.159 e. The van der Waals surface area contributed by atoms with Gasteiger partial charge in [-0.05, 0) is 44.7 Å². The monoisotopic (exact) mass is 267 g/mol. The van der Waals surface area contributed by atoms with Gasteiger partial charge in [-0.2, -0.15) is 0 Å². The average molecular weight is 267 g/mol. The Balaban J connectivity index is 1.98. The van der Waals surface area contributed by atoms with E-state index in [1.165, 1.54) is 18.4 Å². The zero-order valence-corrected chi connectivity index (χ0v) is 12.2. The Morgan fingerprint density at radius 1 is 1.05 bits per heavy atom. The average Bonchev–Trinajstić information content (AvgIpc) is 2.48. The number of hydrogen-bond acceptors (Lipinski definition) is 3. The molecule has 0 amide bonds. The van der Waals surface area contributed by atoms with Crippen LogP contribution in [0.3, 0.4) is 0 Å². The number of aryl methyl sites for hydroxylation is 2. The van der Waals surface area contributed by atoms with Crippen molar-refractivity contribution in [1.82, 2.24) is 15.3 Å². The van der Waals surface area contributed by atoms with Gasteiger partial charge in [0, 0.05) is 23.5 Å². The molecule has 1 aromatic heterocycles. The Morgan fingerprint density at radius 2 is 1.75 bits per heavy atom. The van der Waals surface area contributed by atoms with Crippen molar-refractivity contribution in [3.63, 3.8) is 0 Å². The molecule has 20 heavy (non-hydrogen) atoms. The molecule has 0 aliphatic carbocycles. The van der Waals surface area contributed by atoms with Crippen molar-refractivity contribution < 1.29 is 0 Å². The van der Waals surface area contributed by atoms with Gasteiger partial charge >= 0.3 is 0 Å². The number of nitrogens with zero attached hydrogens (tertiary/aromatic N) is 2. The van der Waals surface area contributed by atoms with Crippen LogP contribution >= 0.6 is 0 Å². The van der Waals surface area contributed by atoms with E-state index in [0.29, 0.717) is 5.92 Å². The van der Waals surface area contributed by atoms with Crippen molar-refractivity contribution in [3.8, 4) is 11.4 Å². The van der Waals surface area contributed by atoms with E-state index in [9.17, 15) is 0 Å². The Labute approximate surface area is 120 Å². The lowest BCUT2D eigenvalue weighted by atomic mass is 9.89. The molecule has 1 aliphatic heterocycles. The van der Waals surface area contributed by atoms with Crippen LogP contribution in [0.4, 0.5) is 0 Å². The third kappa shape index (κ3) is 2.59. The van der Waals surface area contributed by atoms with E-state index in [1.807, 2.05) is 18.2 Å². The molecular formula is C17H21N3. The summed E-state index contributed by atoms with van der Waals surface area (Å²) < 4.78 is 0. The molecule has 0 bridgehead atoms. The van der Waals surface area contributed by atoms with E-state index in [2.05, 4.69) is 31.3 Å². The van der Waals surface area contributed by atoms with Gasteiger partial charge in [0.25, 0.3) is 0 Å². The predicted molar refractivity (Wildman–Crippen MR) is 81.8 cm³/mol. The Hall–Kier alpha value is -1.74. The highest BCUT2D eigenvalue weighted by Gasteiger charge is 2.21. The quantitative estimate of drug-likeness (QED) is 0.907. The number of hydrogen-bond donors (Lipinski definition) is 1. The van der Waals surface area contributed by atoms with E-state index in [0.717, 1.165) is 35.9 Å². The van der Waals surface area contributed by atoms with Crippen molar-refractivity contribution in [2.75, 3.05) is 13.1 Å². The molecule has 0 spiro atoms. The summed E-state index contributed by atoms with van der Waals surface area (Å²) in [5.74, 6) is 1.40. The van der Waals surface area contributed by atoms with Crippen LogP contribution in [0.25, 0.3) is 11.4 Å². The Bertz CT molecular complexity index is 563. The molecule has 1 aromatic carbocycles. The van der Waals surface area contributed by atoms with Gasteiger partial charge in [-0.1, -0.05) is 30.3 Å². The minimum absolute atomic E-state index is 0.563. The normalized spacial score (nSPS) is 19.0. The lowest BCUT2D eigenvalue weighted by molar-refractivity contribution is 0.457. The summed E-state index contributed by atoms with van der Waals surface area (Å²) in [4.78, 5) is 9.48. The number of aromatic nitrogens is 2. The molecule has 1 fully saturated rings. The van der Waals surface area contributed by atoms with Gasteiger partial charge in [-0.25, -0.2) is 9.97 Å². The van der Waals surface area contributed by atoms with Crippen molar-refractivity contribution >= 4 is 0 Å². The molecule has 3 heteroatoms. The first-order chi connectivity index (χ1) is 9.75. The highest BCUT2D eigenvalue weighted by atomic mass is 14.9. The molecular weight excluding hydrogens is 246 g/mol. The first kappa shape index (κ1) is 13.3. The van der Waals surface area contributed by atoms with E-state index in [4.69, 9.17) is 9.97 Å². The molecule has 0 saturated carbocycles. The topological polar surface area (TPSA) is 37.8 Å². The second-order valence-electron chi connectivity index (χ2n) is 5.54. The molecule has 2 heterocycles. The highest BCUT2D eigenvalue weighted by molar-refractivity contribution is 5.55. The fourth-order valence-electron chi connectivity index (χ4n) is 3.13. The number of rotatable bonds is 2. The molecule has 1 aliphatic rings. The lowest BCUT2D eigenvalue weighted by Gasteiger charge is -2.25. The Morgan fingerprint density at radius 3 is 2.35 bits per heavy atom. The van der Waals surface area contributed by atoms with Crippen LogP contribution in [0, 0.1) is 13.8 Å². The van der Waals surface area contributed by atoms with Gasteiger partial charge in [-0.3, -0.25) is 0 Å². The zero-order valence-electron chi connectivity index (χ0n) is 12.2. The van der Waals surface area contributed by atoms with Crippen molar-refractivity contribution in [2.24, 2.45) is 0 Å². The summed E-state index contributed by atoms with van der Waals surface area (Å²) in [7, 11) is 0. The van der Waals surface area contributed by atoms with Gasteiger partial charge in [0.1, 0.15) is 0 Å². The second-order valence-corrected chi connectivity index (χ2v) is 5.54. The zero-order chi connectivity index (χ0) is 13.9. The predicted octanol–water partition coefficient (Wildman–Crippen LogP) is 3.23. The summed E-state index contributed by atoms with van der Waals surface area (Å²) >= 11 is 0. The molecule has 1 saturated heterocycles. The third-order valence-corrected chi connectivity index (χ3v) is 4.06. The summed E-state index contributed by atoms with van der Waals surface area (Å²) in [6.45, 7) is 6.42. The minimum Gasteiger partial charge on any atom is -0.316 e. The summed E-state index contributed by atoms with van der Waals surface area (Å²) in [6.07, 6.45) is 2.48. The minimum atomic E-state index is 0.563. The smallest absolute Gasteiger partial charge is 0.159 e. The third-order valence-electron chi connectivity index (χ3n) is 4.06.